The van der Waals surface area contributed by atoms with Crippen molar-refractivity contribution < 1.29 is 8.78 Å². The van der Waals surface area contributed by atoms with Crippen molar-refractivity contribution >= 4 is 17.5 Å². The van der Waals surface area contributed by atoms with Crippen LogP contribution in [0.5, 0.6) is 0 Å². The van der Waals surface area contributed by atoms with Crippen molar-refractivity contribution in [3.8, 4) is 0 Å². The Hall–Kier alpha value is -2.24. The summed E-state index contributed by atoms with van der Waals surface area (Å²) < 4.78 is 27.7. The lowest BCUT2D eigenvalue weighted by molar-refractivity contribution is 0.590. The van der Waals surface area contributed by atoms with Crippen molar-refractivity contribution in [2.45, 2.75) is 50.5 Å². The van der Waals surface area contributed by atoms with Crippen LogP contribution in [0.15, 0.2) is 24.3 Å². The summed E-state index contributed by atoms with van der Waals surface area (Å²) in [6.07, 6.45) is 6.86. The van der Waals surface area contributed by atoms with Gasteiger partial charge in [-0.05, 0) is 37.8 Å². The lowest BCUT2D eigenvalue weighted by Gasteiger charge is -2.15. The van der Waals surface area contributed by atoms with E-state index in [1.54, 1.807) is 6.07 Å². The molecule has 2 aliphatic rings. The molecule has 2 fully saturated rings. The van der Waals surface area contributed by atoms with Gasteiger partial charge >= 0.3 is 0 Å². The zero-order valence-electron chi connectivity index (χ0n) is 13.4. The van der Waals surface area contributed by atoms with Gasteiger partial charge in [-0.25, -0.2) is 13.8 Å². The first-order valence-corrected chi connectivity index (χ1v) is 8.55. The molecule has 2 saturated carbocycles. The first-order valence-electron chi connectivity index (χ1n) is 8.55. The third-order valence-corrected chi connectivity index (χ3v) is 4.65. The topological polar surface area (TPSA) is 49.8 Å². The summed E-state index contributed by atoms with van der Waals surface area (Å²) in [7, 11) is 0. The molecule has 0 atom stereocenters. The van der Waals surface area contributed by atoms with E-state index in [1.165, 1.54) is 31.0 Å². The molecule has 126 valence electrons. The normalized spacial score (nSPS) is 17.9. The molecule has 0 bridgehead atoms. The van der Waals surface area contributed by atoms with Crippen molar-refractivity contribution in [1.82, 2.24) is 9.97 Å². The molecule has 4 nitrogen and oxygen atoms in total. The summed E-state index contributed by atoms with van der Waals surface area (Å²) in [5.41, 5.74) is 0.759. The quantitative estimate of drug-likeness (QED) is 0.832. The van der Waals surface area contributed by atoms with Gasteiger partial charge in [0.2, 0.25) is 5.95 Å². The third kappa shape index (κ3) is 3.32. The molecule has 0 radical (unpaired) electrons. The number of halogens is 2. The molecular formula is C18H20F2N4. The van der Waals surface area contributed by atoms with E-state index >= 15 is 0 Å². The van der Waals surface area contributed by atoms with Gasteiger partial charge in [-0.15, -0.1) is 0 Å². The molecular weight excluding hydrogens is 310 g/mol. The first kappa shape index (κ1) is 15.3. The van der Waals surface area contributed by atoms with Crippen molar-refractivity contribution in [3.05, 3.63) is 41.6 Å². The molecule has 0 unspecified atom stereocenters. The highest BCUT2D eigenvalue weighted by Gasteiger charge is 2.27. The molecule has 24 heavy (non-hydrogen) atoms. The summed E-state index contributed by atoms with van der Waals surface area (Å²) in [6.45, 7) is 0. The number of hydrogen-bond donors (Lipinski definition) is 2. The maximum absolute atomic E-state index is 13.9. The molecule has 0 saturated heterocycles. The Balaban J connectivity index is 1.62. The van der Waals surface area contributed by atoms with Crippen molar-refractivity contribution in [1.29, 1.82) is 0 Å². The molecule has 0 amide bonds. The van der Waals surface area contributed by atoms with Crippen LogP contribution in [0.25, 0.3) is 0 Å². The number of anilines is 3. The van der Waals surface area contributed by atoms with E-state index in [-0.39, 0.29) is 5.69 Å². The summed E-state index contributed by atoms with van der Waals surface area (Å²) in [5.74, 6) is 0.142. The van der Waals surface area contributed by atoms with Gasteiger partial charge in [-0.1, -0.05) is 18.9 Å². The van der Waals surface area contributed by atoms with Crippen molar-refractivity contribution in [2.75, 3.05) is 10.6 Å². The summed E-state index contributed by atoms with van der Waals surface area (Å²) >= 11 is 0. The fourth-order valence-electron chi connectivity index (χ4n) is 3.18. The SMILES string of the molecule is Fc1cccc(F)c1Nc1cc(C2CC2)nc(NC2CCCC2)n1. The zero-order valence-corrected chi connectivity index (χ0v) is 13.4. The molecule has 0 spiro atoms. The monoisotopic (exact) mass is 330 g/mol. The molecule has 1 aromatic carbocycles. The second kappa shape index (κ2) is 6.34. The molecule has 1 aromatic heterocycles. The van der Waals surface area contributed by atoms with Crippen LogP contribution in [0.4, 0.5) is 26.2 Å². The van der Waals surface area contributed by atoms with Crippen LogP contribution in [0.3, 0.4) is 0 Å². The molecule has 0 aliphatic heterocycles. The number of nitrogens with one attached hydrogen (secondary N) is 2. The maximum Gasteiger partial charge on any atom is 0.225 e. The third-order valence-electron chi connectivity index (χ3n) is 4.65. The lowest BCUT2D eigenvalue weighted by atomic mass is 10.2. The van der Waals surface area contributed by atoms with Crippen LogP contribution < -0.4 is 10.6 Å². The summed E-state index contributed by atoms with van der Waals surface area (Å²) in [6, 6.07) is 5.98. The van der Waals surface area contributed by atoms with Crippen molar-refractivity contribution in [2.24, 2.45) is 0 Å². The van der Waals surface area contributed by atoms with Crippen molar-refractivity contribution in [3.63, 3.8) is 0 Å². The van der Waals surface area contributed by atoms with Crippen LogP contribution in [-0.4, -0.2) is 16.0 Å². The minimum absolute atomic E-state index is 0.176. The van der Waals surface area contributed by atoms with E-state index in [1.807, 2.05) is 0 Å². The number of rotatable bonds is 5. The van der Waals surface area contributed by atoms with Gasteiger partial charge in [0.05, 0.1) is 5.69 Å². The van der Waals surface area contributed by atoms with Crippen LogP contribution in [0, 0.1) is 11.6 Å². The zero-order chi connectivity index (χ0) is 16.5. The van der Waals surface area contributed by atoms with E-state index < -0.39 is 11.6 Å². The van der Waals surface area contributed by atoms with E-state index in [9.17, 15) is 8.78 Å². The van der Waals surface area contributed by atoms with E-state index in [2.05, 4.69) is 20.6 Å². The fraction of sp³-hybridized carbons (Fsp3) is 0.444. The highest BCUT2D eigenvalue weighted by molar-refractivity contribution is 5.59. The fourth-order valence-corrected chi connectivity index (χ4v) is 3.18. The molecule has 1 heterocycles. The first-order chi connectivity index (χ1) is 11.7. The van der Waals surface area contributed by atoms with Gasteiger partial charge in [-0.3, -0.25) is 0 Å². The number of hydrogen-bond acceptors (Lipinski definition) is 4. The van der Waals surface area contributed by atoms with Gasteiger partial charge in [0.1, 0.15) is 23.1 Å². The molecule has 2 aromatic rings. The van der Waals surface area contributed by atoms with Gasteiger partial charge in [-0.2, -0.15) is 4.98 Å². The smallest absolute Gasteiger partial charge is 0.225 e. The minimum Gasteiger partial charge on any atom is -0.351 e. The van der Waals surface area contributed by atoms with Crippen LogP contribution in [0.1, 0.15) is 50.1 Å². The predicted molar refractivity (Wildman–Crippen MR) is 89.5 cm³/mol. The van der Waals surface area contributed by atoms with Crippen LogP contribution in [0.2, 0.25) is 0 Å². The van der Waals surface area contributed by atoms with E-state index in [4.69, 9.17) is 0 Å². The standard InChI is InChI=1S/C18H20F2N4/c19-13-6-3-7-14(20)17(13)23-16-10-15(11-8-9-11)22-18(24-16)21-12-4-1-2-5-12/h3,6-7,10-12H,1-2,4-5,8-9H2,(H2,21,22,23,24). The Labute approximate surface area is 139 Å². The van der Waals surface area contributed by atoms with Gasteiger partial charge in [0.25, 0.3) is 0 Å². The highest BCUT2D eigenvalue weighted by Crippen LogP contribution is 2.40. The number of benzene rings is 1. The average molecular weight is 330 g/mol. The van der Waals surface area contributed by atoms with Crippen LogP contribution in [-0.2, 0) is 0 Å². The summed E-state index contributed by atoms with van der Waals surface area (Å²) in [5, 5.41) is 6.16. The highest BCUT2D eigenvalue weighted by atomic mass is 19.1. The molecule has 6 heteroatoms. The molecule has 4 rings (SSSR count). The van der Waals surface area contributed by atoms with Crippen LogP contribution >= 0.6 is 0 Å². The lowest BCUT2D eigenvalue weighted by Crippen LogP contribution is -2.17. The Morgan fingerprint density at radius 1 is 0.958 bits per heavy atom. The Kier molecular flexibility index (Phi) is 4.04. The maximum atomic E-state index is 13.9. The second-order valence-corrected chi connectivity index (χ2v) is 6.62. The van der Waals surface area contributed by atoms with E-state index in [0.29, 0.717) is 23.7 Å². The number of nitrogens with zero attached hydrogens (tertiary/aromatic N) is 2. The average Bonchev–Trinajstić information content (AvgIpc) is 3.30. The Morgan fingerprint density at radius 3 is 2.33 bits per heavy atom. The Bertz CT molecular complexity index is 720. The van der Waals surface area contributed by atoms with Gasteiger partial charge < -0.3 is 10.6 Å². The van der Waals surface area contributed by atoms with E-state index in [0.717, 1.165) is 31.4 Å². The molecule has 2 N–H and O–H groups in total. The number of para-hydroxylation sites is 1. The van der Waals surface area contributed by atoms with Gasteiger partial charge in [0.15, 0.2) is 0 Å². The minimum atomic E-state index is -0.633. The predicted octanol–water partition coefficient (Wildman–Crippen LogP) is 4.73. The Morgan fingerprint density at radius 2 is 1.67 bits per heavy atom. The second-order valence-electron chi connectivity index (χ2n) is 6.62. The number of aromatic nitrogens is 2. The summed E-state index contributed by atoms with van der Waals surface area (Å²) in [4.78, 5) is 9.01. The largest absolute Gasteiger partial charge is 0.351 e. The van der Waals surface area contributed by atoms with Gasteiger partial charge in [0, 0.05) is 18.0 Å². The molecule has 2 aliphatic carbocycles.